The van der Waals surface area contributed by atoms with E-state index in [2.05, 4.69) is 16.0 Å². The maximum atomic E-state index is 14.3. The van der Waals surface area contributed by atoms with Gasteiger partial charge in [0.2, 0.25) is 41.4 Å². The van der Waals surface area contributed by atoms with Crippen molar-refractivity contribution in [3.8, 4) is 0 Å². The molecule has 0 aromatic heterocycles. The van der Waals surface area contributed by atoms with Crippen LogP contribution in [0.4, 0.5) is 0 Å². The Bertz CT molecular complexity index is 2320. The van der Waals surface area contributed by atoms with E-state index in [4.69, 9.17) is 5.73 Å². The first-order chi connectivity index (χ1) is 37.2. The third-order valence-corrected chi connectivity index (χ3v) is 12.4. The van der Waals surface area contributed by atoms with E-state index < -0.39 is 104 Å². The first-order valence-corrected chi connectivity index (χ1v) is 27.2. The number of benzene rings is 2. The van der Waals surface area contributed by atoms with Crippen molar-refractivity contribution >= 4 is 65.0 Å². The molecule has 4 atom stereocenters. The number of rotatable bonds is 39. The van der Waals surface area contributed by atoms with Crippen molar-refractivity contribution in [1.29, 1.82) is 0 Å². The van der Waals surface area contributed by atoms with Crippen molar-refractivity contribution in [3.63, 3.8) is 0 Å². The van der Waals surface area contributed by atoms with Gasteiger partial charge in [-0.3, -0.25) is 52.7 Å². The fourth-order valence-corrected chi connectivity index (χ4v) is 8.81. The molecule has 0 aliphatic carbocycles. The number of hydrogen-bond acceptors (Lipinski definition) is 12. The number of carboxylic acids is 3. The molecule has 22 heteroatoms. The number of nitrogens with one attached hydrogen (secondary N) is 3. The van der Waals surface area contributed by atoms with Crippen LogP contribution < -0.4 is 21.7 Å². The normalized spacial score (nSPS) is 12.6. The number of hydrogen-bond donors (Lipinski definition) is 7. The minimum Gasteiger partial charge on any atom is -0.481 e. The van der Waals surface area contributed by atoms with Crippen LogP contribution in [0.1, 0.15) is 124 Å². The van der Waals surface area contributed by atoms with Crippen LogP contribution in [-0.2, 0) is 65.6 Å². The van der Waals surface area contributed by atoms with Crippen LogP contribution in [0.3, 0.4) is 0 Å². The molecule has 0 heterocycles. The molecular weight excluding hydrogens is 1020 g/mol. The molecular formula is C57H86N8O14. The number of aliphatic carboxylic acids is 3. The molecule has 22 nitrogen and oxygen atoms in total. The average molecular weight is 1110 g/mol. The molecule has 0 aliphatic heterocycles. The van der Waals surface area contributed by atoms with Gasteiger partial charge in [-0.15, -0.1) is 0 Å². The van der Waals surface area contributed by atoms with Gasteiger partial charge in [0.05, 0.1) is 38.6 Å². The van der Waals surface area contributed by atoms with Gasteiger partial charge in [0.25, 0.3) is 0 Å². The highest BCUT2D eigenvalue weighted by atomic mass is 16.4. The lowest BCUT2D eigenvalue weighted by Gasteiger charge is -2.32. The summed E-state index contributed by atoms with van der Waals surface area (Å²) >= 11 is 0. The maximum Gasteiger partial charge on any atom is 0.303 e. The Kier molecular flexibility index (Phi) is 31.0. The molecule has 2 aromatic rings. The molecule has 79 heavy (non-hydrogen) atoms. The summed E-state index contributed by atoms with van der Waals surface area (Å²) in [4.78, 5) is 149. The van der Waals surface area contributed by atoms with Crippen molar-refractivity contribution in [2.45, 2.75) is 150 Å². The number of nitrogens with two attached hydrogens (primary N) is 1. The largest absolute Gasteiger partial charge is 0.481 e. The minimum absolute atomic E-state index is 0.0419. The quantitative estimate of drug-likeness (QED) is 0.0505. The fourth-order valence-electron chi connectivity index (χ4n) is 8.81. The van der Waals surface area contributed by atoms with Crippen LogP contribution in [0.2, 0.25) is 0 Å². The summed E-state index contributed by atoms with van der Waals surface area (Å²) in [5.41, 5.74) is 7.80. The van der Waals surface area contributed by atoms with Gasteiger partial charge >= 0.3 is 17.9 Å². The summed E-state index contributed by atoms with van der Waals surface area (Å²) < 4.78 is 0. The highest BCUT2D eigenvalue weighted by Crippen LogP contribution is 2.15. The topological polar surface area (TPSA) is 324 Å². The smallest absolute Gasteiger partial charge is 0.303 e. The van der Waals surface area contributed by atoms with Crippen LogP contribution in [-0.4, -0.2) is 176 Å². The zero-order valence-corrected chi connectivity index (χ0v) is 47.2. The van der Waals surface area contributed by atoms with E-state index in [-0.39, 0.29) is 126 Å². The lowest BCUT2D eigenvalue weighted by Crippen LogP contribution is -2.55. The van der Waals surface area contributed by atoms with E-state index in [1.165, 1.54) is 21.6 Å². The Hall–Kier alpha value is -7.23. The van der Waals surface area contributed by atoms with Crippen molar-refractivity contribution in [2.75, 3.05) is 52.4 Å². The molecule has 0 saturated carbocycles. The van der Waals surface area contributed by atoms with Gasteiger partial charge in [-0.05, 0) is 67.9 Å². The van der Waals surface area contributed by atoms with Gasteiger partial charge in [-0.25, -0.2) is 0 Å². The van der Waals surface area contributed by atoms with Gasteiger partial charge in [0.1, 0.15) is 5.78 Å². The number of ketones is 1. The maximum absolute atomic E-state index is 14.3. The Balaban J connectivity index is 2.54. The van der Waals surface area contributed by atoms with Crippen LogP contribution >= 0.6 is 0 Å². The number of amides is 7. The van der Waals surface area contributed by atoms with Crippen LogP contribution in [0.25, 0.3) is 0 Å². The SMILES string of the molecule is CC(=O)CN(C[C@H](CCC(=O)O)NC(=O)CN(C[C@H](CC(C)C)NC(=O)CN(C[C@H](Cc1ccccc1)NC(=O)CN(C[C@@H](N)CCC(=O)O)C(=O)CC(C)C)C(=O)CCC(=O)O)C(=O)CCc1ccccc1)C(=O)CC(C)C. The summed E-state index contributed by atoms with van der Waals surface area (Å²) in [6.07, 6.45) is -0.882. The van der Waals surface area contributed by atoms with Gasteiger partial charge in [0.15, 0.2) is 0 Å². The van der Waals surface area contributed by atoms with E-state index in [1.54, 1.807) is 30.3 Å². The Morgan fingerprint density at radius 3 is 1.33 bits per heavy atom. The first kappa shape index (κ1) is 67.9. The van der Waals surface area contributed by atoms with Gasteiger partial charge in [-0.2, -0.15) is 0 Å². The van der Waals surface area contributed by atoms with Crippen molar-refractivity contribution in [3.05, 3.63) is 71.8 Å². The molecule has 8 N–H and O–H groups in total. The summed E-state index contributed by atoms with van der Waals surface area (Å²) in [6, 6.07) is 14.7. The third-order valence-electron chi connectivity index (χ3n) is 12.4. The van der Waals surface area contributed by atoms with Gasteiger partial charge in [0, 0.05) is 82.8 Å². The Morgan fingerprint density at radius 2 is 0.861 bits per heavy atom. The minimum atomic E-state index is -1.26. The van der Waals surface area contributed by atoms with Crippen molar-refractivity contribution < 1.29 is 68.1 Å². The molecule has 438 valence electrons. The number of nitrogens with zero attached hydrogens (tertiary/aromatic N) is 4. The number of aryl methyl sites for hydroxylation is 1. The number of Topliss-reactive ketones (excluding diaryl/α,β-unsaturated/α-hetero) is 1. The van der Waals surface area contributed by atoms with E-state index in [1.807, 2.05) is 71.9 Å². The fraction of sp³-hybridized carbons (Fsp3) is 0.596. The number of carbonyl (C=O) groups is 11. The highest BCUT2D eigenvalue weighted by molar-refractivity contribution is 5.88. The second-order valence-electron chi connectivity index (χ2n) is 21.6. The summed E-state index contributed by atoms with van der Waals surface area (Å²) in [5, 5.41) is 37.0. The number of carbonyl (C=O) groups excluding carboxylic acids is 8. The Morgan fingerprint density at radius 1 is 0.456 bits per heavy atom. The summed E-state index contributed by atoms with van der Waals surface area (Å²) in [7, 11) is 0. The van der Waals surface area contributed by atoms with E-state index in [0.717, 1.165) is 16.0 Å². The molecule has 0 bridgehead atoms. The monoisotopic (exact) mass is 1110 g/mol. The first-order valence-electron chi connectivity index (χ1n) is 27.2. The zero-order chi connectivity index (χ0) is 59.2. The summed E-state index contributed by atoms with van der Waals surface area (Å²) in [6.45, 7) is 9.76. The molecule has 0 radical (unpaired) electrons. The van der Waals surface area contributed by atoms with E-state index in [0.29, 0.717) is 6.42 Å². The van der Waals surface area contributed by atoms with Crippen LogP contribution in [0.15, 0.2) is 60.7 Å². The van der Waals surface area contributed by atoms with E-state index in [9.17, 15) is 68.1 Å². The number of carboxylic acid groups (broad SMARTS) is 3. The lowest BCUT2D eigenvalue weighted by atomic mass is 10.0. The van der Waals surface area contributed by atoms with Gasteiger partial charge < -0.3 is 56.6 Å². The third kappa shape index (κ3) is 30.5. The second kappa shape index (κ2) is 36.0. The Labute approximate surface area is 464 Å². The predicted octanol–water partition coefficient (Wildman–Crippen LogP) is 3.28. The molecule has 2 aromatic carbocycles. The molecule has 0 unspecified atom stereocenters. The zero-order valence-electron chi connectivity index (χ0n) is 47.2. The van der Waals surface area contributed by atoms with Crippen LogP contribution in [0, 0.1) is 17.8 Å². The van der Waals surface area contributed by atoms with Gasteiger partial charge in [-0.1, -0.05) is 102 Å². The van der Waals surface area contributed by atoms with Crippen molar-refractivity contribution in [2.24, 2.45) is 23.5 Å². The average Bonchev–Trinajstić information content (AvgIpc) is 3.35. The van der Waals surface area contributed by atoms with E-state index >= 15 is 0 Å². The standard InChI is InChI=1S/C57H86N8O14/c1-38(2)26-46(33-64(51(70)21-18-42-14-10-8-11-15-42)36-48(67)59-45(20-24-56(76)77)32-62(30-41(7)66)53(72)27-39(3)4)60-50(69)37-65(52(71)22-25-57(78)79)34-47(29-43-16-12-9-13-17-43)61-49(68)35-63(54(73)28-40(5)6)31-44(58)19-23-55(74)75/h8-17,38-40,44-47H,18-37,58H2,1-7H3,(H,59,67)(H,60,69)(H,61,68)(H,74,75)(H,76,77)(H,78,79)/t44-,45-,46-,47-/m0/s1. The molecule has 0 spiro atoms. The van der Waals surface area contributed by atoms with Crippen molar-refractivity contribution in [1.82, 2.24) is 35.6 Å². The molecule has 7 amide bonds. The molecule has 0 fully saturated rings. The highest BCUT2D eigenvalue weighted by Gasteiger charge is 2.30. The lowest BCUT2D eigenvalue weighted by molar-refractivity contribution is -0.142. The molecule has 0 aliphatic rings. The summed E-state index contributed by atoms with van der Waals surface area (Å²) in [5.74, 6) is -7.96. The molecule has 2 rings (SSSR count). The molecule has 0 saturated heterocycles. The van der Waals surface area contributed by atoms with Crippen LogP contribution in [0.5, 0.6) is 0 Å². The predicted molar refractivity (Wildman–Crippen MR) is 295 cm³/mol. The second-order valence-corrected chi connectivity index (χ2v) is 21.6.